The number of methoxy groups -OCH3 is 1. The molecular weight excluding hydrogens is 190 g/mol. The van der Waals surface area contributed by atoms with Gasteiger partial charge in [0, 0.05) is 19.8 Å². The minimum Gasteiger partial charge on any atom is -0.382 e. The number of rotatable bonds is 10. The smallest absolute Gasteiger partial charge is 0.0700 e. The first-order valence-electron chi connectivity index (χ1n) is 6.03. The Bertz CT molecular complexity index is 131. The number of hydrogen-bond acceptors (Lipinski definition) is 3. The molecule has 0 aliphatic rings. The van der Waals surface area contributed by atoms with Crippen molar-refractivity contribution in [3.63, 3.8) is 0 Å². The zero-order chi connectivity index (χ0) is 11.5. The fourth-order valence-electron chi connectivity index (χ4n) is 1.72. The molecule has 15 heavy (non-hydrogen) atoms. The molecule has 0 aliphatic carbocycles. The fraction of sp³-hybridized carbons (Fsp3) is 1.00. The van der Waals surface area contributed by atoms with Gasteiger partial charge in [-0.3, -0.25) is 0 Å². The van der Waals surface area contributed by atoms with Crippen molar-refractivity contribution >= 4 is 0 Å². The van der Waals surface area contributed by atoms with Crippen molar-refractivity contribution in [2.24, 2.45) is 11.7 Å². The summed E-state index contributed by atoms with van der Waals surface area (Å²) in [6, 6.07) is 0.286. The van der Waals surface area contributed by atoms with E-state index < -0.39 is 0 Å². The Balaban J connectivity index is 3.28. The topological polar surface area (TPSA) is 44.5 Å². The van der Waals surface area contributed by atoms with E-state index in [0.717, 1.165) is 25.4 Å². The summed E-state index contributed by atoms with van der Waals surface area (Å²) in [7, 11) is 1.68. The van der Waals surface area contributed by atoms with Gasteiger partial charge in [0.25, 0.3) is 0 Å². The SMILES string of the molecule is CCCC(C)CC(N)CCOCCOC. The van der Waals surface area contributed by atoms with Crippen molar-refractivity contribution in [2.75, 3.05) is 26.9 Å². The van der Waals surface area contributed by atoms with E-state index >= 15 is 0 Å². The number of hydrogen-bond donors (Lipinski definition) is 1. The van der Waals surface area contributed by atoms with Crippen LogP contribution in [0.5, 0.6) is 0 Å². The van der Waals surface area contributed by atoms with Crippen molar-refractivity contribution in [2.45, 2.75) is 45.6 Å². The van der Waals surface area contributed by atoms with Crippen molar-refractivity contribution in [3.8, 4) is 0 Å². The van der Waals surface area contributed by atoms with Gasteiger partial charge in [-0.15, -0.1) is 0 Å². The Morgan fingerprint density at radius 3 is 2.47 bits per heavy atom. The third-order valence-electron chi connectivity index (χ3n) is 2.55. The van der Waals surface area contributed by atoms with Crippen LogP contribution in [0.3, 0.4) is 0 Å². The normalized spacial score (nSPS) is 15.2. The largest absolute Gasteiger partial charge is 0.382 e. The van der Waals surface area contributed by atoms with Gasteiger partial charge in [0.2, 0.25) is 0 Å². The molecule has 2 N–H and O–H groups in total. The maximum absolute atomic E-state index is 6.01. The Morgan fingerprint density at radius 2 is 1.87 bits per heavy atom. The lowest BCUT2D eigenvalue weighted by atomic mass is 9.96. The van der Waals surface area contributed by atoms with Gasteiger partial charge >= 0.3 is 0 Å². The molecule has 2 atom stereocenters. The van der Waals surface area contributed by atoms with E-state index in [-0.39, 0.29) is 6.04 Å². The van der Waals surface area contributed by atoms with Crippen LogP contribution in [0.1, 0.15) is 39.5 Å². The van der Waals surface area contributed by atoms with Crippen LogP contribution < -0.4 is 5.73 Å². The summed E-state index contributed by atoms with van der Waals surface area (Å²) < 4.78 is 10.3. The van der Waals surface area contributed by atoms with E-state index in [1.54, 1.807) is 7.11 Å². The molecule has 0 heterocycles. The minimum atomic E-state index is 0.286. The highest BCUT2D eigenvalue weighted by Crippen LogP contribution is 2.12. The molecule has 0 fully saturated rings. The average molecular weight is 217 g/mol. The molecule has 0 aromatic rings. The monoisotopic (exact) mass is 217 g/mol. The second-order valence-corrected chi connectivity index (χ2v) is 4.28. The van der Waals surface area contributed by atoms with Crippen LogP contribution >= 0.6 is 0 Å². The first-order valence-corrected chi connectivity index (χ1v) is 6.03. The second kappa shape index (κ2) is 10.4. The van der Waals surface area contributed by atoms with Gasteiger partial charge in [-0.05, 0) is 18.8 Å². The summed E-state index contributed by atoms with van der Waals surface area (Å²) in [6.45, 7) is 6.59. The predicted molar refractivity (Wildman–Crippen MR) is 64.0 cm³/mol. The second-order valence-electron chi connectivity index (χ2n) is 4.28. The van der Waals surface area contributed by atoms with Crippen molar-refractivity contribution < 1.29 is 9.47 Å². The van der Waals surface area contributed by atoms with Gasteiger partial charge in [-0.25, -0.2) is 0 Å². The highest BCUT2D eigenvalue weighted by molar-refractivity contribution is 4.65. The van der Waals surface area contributed by atoms with Gasteiger partial charge in [-0.1, -0.05) is 26.7 Å². The first-order chi connectivity index (χ1) is 7.20. The summed E-state index contributed by atoms with van der Waals surface area (Å²) >= 11 is 0. The van der Waals surface area contributed by atoms with Crippen molar-refractivity contribution in [3.05, 3.63) is 0 Å². The standard InChI is InChI=1S/C12H27NO2/c1-4-5-11(2)10-12(13)6-7-15-9-8-14-3/h11-12H,4-10,13H2,1-3H3. The lowest BCUT2D eigenvalue weighted by molar-refractivity contribution is 0.0664. The van der Waals surface area contributed by atoms with Crippen LogP contribution in [0.25, 0.3) is 0 Å². The Hall–Kier alpha value is -0.120. The fourth-order valence-corrected chi connectivity index (χ4v) is 1.72. The molecule has 3 heteroatoms. The molecule has 0 bridgehead atoms. The molecule has 92 valence electrons. The van der Waals surface area contributed by atoms with E-state index in [0.29, 0.717) is 13.2 Å². The van der Waals surface area contributed by atoms with Crippen LogP contribution in [0.15, 0.2) is 0 Å². The minimum absolute atomic E-state index is 0.286. The highest BCUT2D eigenvalue weighted by Gasteiger charge is 2.08. The van der Waals surface area contributed by atoms with Crippen LogP contribution in [0.2, 0.25) is 0 Å². The van der Waals surface area contributed by atoms with Crippen molar-refractivity contribution in [1.82, 2.24) is 0 Å². The lowest BCUT2D eigenvalue weighted by Gasteiger charge is -2.16. The van der Waals surface area contributed by atoms with E-state index in [1.165, 1.54) is 12.8 Å². The summed E-state index contributed by atoms with van der Waals surface area (Å²) in [5.41, 5.74) is 6.01. The summed E-state index contributed by atoms with van der Waals surface area (Å²) in [6.07, 6.45) is 4.59. The van der Waals surface area contributed by atoms with Gasteiger partial charge in [0.1, 0.15) is 0 Å². The third kappa shape index (κ3) is 10.2. The van der Waals surface area contributed by atoms with Crippen LogP contribution in [-0.4, -0.2) is 33.0 Å². The lowest BCUT2D eigenvalue weighted by Crippen LogP contribution is -2.24. The predicted octanol–water partition coefficient (Wildman–Crippen LogP) is 2.19. The number of nitrogens with two attached hydrogens (primary N) is 1. The maximum Gasteiger partial charge on any atom is 0.0700 e. The molecule has 0 rings (SSSR count). The molecule has 0 aliphatic heterocycles. The van der Waals surface area contributed by atoms with Gasteiger partial charge in [0.15, 0.2) is 0 Å². The molecule has 0 amide bonds. The van der Waals surface area contributed by atoms with Crippen LogP contribution in [-0.2, 0) is 9.47 Å². The molecule has 0 spiro atoms. The molecule has 3 nitrogen and oxygen atoms in total. The molecular formula is C12H27NO2. The van der Waals surface area contributed by atoms with Crippen LogP contribution in [0.4, 0.5) is 0 Å². The van der Waals surface area contributed by atoms with Gasteiger partial charge < -0.3 is 15.2 Å². The zero-order valence-electron chi connectivity index (χ0n) is 10.5. The van der Waals surface area contributed by atoms with Crippen molar-refractivity contribution in [1.29, 1.82) is 0 Å². The zero-order valence-corrected chi connectivity index (χ0v) is 10.5. The molecule has 0 aromatic heterocycles. The average Bonchev–Trinajstić information content (AvgIpc) is 2.17. The summed E-state index contributed by atoms with van der Waals surface area (Å²) in [4.78, 5) is 0. The molecule has 2 unspecified atom stereocenters. The molecule has 0 radical (unpaired) electrons. The van der Waals surface area contributed by atoms with E-state index in [1.807, 2.05) is 0 Å². The van der Waals surface area contributed by atoms with E-state index in [2.05, 4.69) is 13.8 Å². The highest BCUT2D eigenvalue weighted by atomic mass is 16.5. The molecule has 0 aromatic carbocycles. The van der Waals surface area contributed by atoms with Crippen LogP contribution in [0, 0.1) is 5.92 Å². The summed E-state index contributed by atoms with van der Waals surface area (Å²) in [5.74, 6) is 0.740. The van der Waals surface area contributed by atoms with E-state index in [4.69, 9.17) is 15.2 Å². The maximum atomic E-state index is 6.01. The molecule has 0 saturated carbocycles. The number of ether oxygens (including phenoxy) is 2. The Labute approximate surface area is 94.3 Å². The van der Waals surface area contributed by atoms with E-state index in [9.17, 15) is 0 Å². The first kappa shape index (κ1) is 14.9. The van der Waals surface area contributed by atoms with Gasteiger partial charge in [0.05, 0.1) is 13.2 Å². The third-order valence-corrected chi connectivity index (χ3v) is 2.55. The Morgan fingerprint density at radius 1 is 1.13 bits per heavy atom. The quantitative estimate of drug-likeness (QED) is 0.570. The summed E-state index contributed by atoms with van der Waals surface area (Å²) in [5, 5.41) is 0. The molecule has 0 saturated heterocycles. The van der Waals surface area contributed by atoms with Gasteiger partial charge in [-0.2, -0.15) is 0 Å². The Kier molecular flexibility index (Phi) is 10.3.